The van der Waals surface area contributed by atoms with E-state index in [0.717, 1.165) is 0 Å². The highest BCUT2D eigenvalue weighted by Gasteiger charge is 2.15. The molecule has 0 saturated carbocycles. The van der Waals surface area contributed by atoms with Crippen LogP contribution >= 0.6 is 0 Å². The van der Waals surface area contributed by atoms with Crippen LogP contribution in [0.2, 0.25) is 0 Å². The van der Waals surface area contributed by atoms with Crippen LogP contribution in [0.1, 0.15) is 15.9 Å². The van der Waals surface area contributed by atoms with E-state index in [4.69, 9.17) is 4.74 Å². The lowest BCUT2D eigenvalue weighted by Gasteiger charge is -2.12. The third kappa shape index (κ3) is 6.26. The van der Waals surface area contributed by atoms with Crippen molar-refractivity contribution in [2.24, 2.45) is 0 Å². The molecular weight excluding hydrogens is 406 g/mol. The number of nitrogens with one attached hydrogen (secondary N) is 2. The van der Waals surface area contributed by atoms with E-state index in [1.807, 2.05) is 0 Å². The van der Waals surface area contributed by atoms with Gasteiger partial charge in [0.2, 0.25) is 10.0 Å². The van der Waals surface area contributed by atoms with Crippen molar-refractivity contribution in [3.05, 3.63) is 66.2 Å². The van der Waals surface area contributed by atoms with Crippen molar-refractivity contribution in [2.45, 2.75) is 18.1 Å². The van der Waals surface area contributed by atoms with Crippen molar-refractivity contribution in [1.29, 1.82) is 0 Å². The summed E-state index contributed by atoms with van der Waals surface area (Å²) in [4.78, 5) is 12.3. The summed E-state index contributed by atoms with van der Waals surface area (Å²) in [5.41, 5.74) is 0.863. The highest BCUT2D eigenvalue weighted by Crippen LogP contribution is 2.29. The van der Waals surface area contributed by atoms with Crippen LogP contribution in [0.25, 0.3) is 0 Å². The van der Waals surface area contributed by atoms with E-state index < -0.39 is 22.5 Å². The lowest BCUT2D eigenvalue weighted by atomic mass is 10.1. The Morgan fingerprint density at radius 1 is 1.17 bits per heavy atom. The number of sulfonamides is 1. The number of ether oxygens (including phenoxy) is 2. The van der Waals surface area contributed by atoms with E-state index in [2.05, 4.69) is 21.4 Å². The first-order chi connectivity index (χ1) is 13.8. The minimum atomic E-state index is -3.67. The number of hydrogen-bond donors (Lipinski definition) is 2. The summed E-state index contributed by atoms with van der Waals surface area (Å²) in [5.74, 6) is -0.432. The fourth-order valence-electron chi connectivity index (χ4n) is 2.34. The zero-order chi connectivity index (χ0) is 21.4. The molecule has 1 amide bonds. The van der Waals surface area contributed by atoms with Crippen LogP contribution in [0, 0.1) is 0 Å². The van der Waals surface area contributed by atoms with Crippen molar-refractivity contribution in [2.75, 3.05) is 13.7 Å². The molecular formula is C19H20F2N2O5S. The Bertz CT molecular complexity index is 963. The maximum atomic E-state index is 12.4. The van der Waals surface area contributed by atoms with Gasteiger partial charge >= 0.3 is 6.61 Å². The van der Waals surface area contributed by atoms with Gasteiger partial charge in [0, 0.05) is 18.7 Å². The summed E-state index contributed by atoms with van der Waals surface area (Å²) in [5, 5.41) is 2.66. The lowest BCUT2D eigenvalue weighted by Crippen LogP contribution is -2.24. The molecule has 29 heavy (non-hydrogen) atoms. The largest absolute Gasteiger partial charge is 0.493 e. The molecule has 2 N–H and O–H groups in total. The number of amides is 1. The molecule has 0 unspecified atom stereocenters. The molecule has 156 valence electrons. The van der Waals surface area contributed by atoms with E-state index in [1.165, 1.54) is 55.7 Å². The first-order valence-corrected chi connectivity index (χ1v) is 9.85. The SMILES string of the molecule is C=CCNS(=O)(=O)c1ccc(C(=O)NCc2ccc(OC(F)F)c(OC)c2)cc1. The molecule has 0 fully saturated rings. The van der Waals surface area contributed by atoms with E-state index >= 15 is 0 Å². The van der Waals surface area contributed by atoms with Gasteiger partial charge in [-0.2, -0.15) is 8.78 Å². The van der Waals surface area contributed by atoms with Gasteiger partial charge in [0.15, 0.2) is 11.5 Å². The highest BCUT2D eigenvalue weighted by atomic mass is 32.2. The minimum absolute atomic E-state index is 0.0234. The third-order valence-corrected chi connectivity index (χ3v) is 5.18. The second kappa shape index (κ2) is 9.99. The van der Waals surface area contributed by atoms with Crippen LogP contribution in [-0.4, -0.2) is 34.6 Å². The summed E-state index contributed by atoms with van der Waals surface area (Å²) < 4.78 is 60.4. The summed E-state index contributed by atoms with van der Waals surface area (Å²) in [7, 11) is -2.36. The Hall–Kier alpha value is -2.98. The molecule has 2 aromatic rings. The standard InChI is InChI=1S/C19H20F2N2O5S/c1-3-10-23-29(25,26)15-7-5-14(6-8-15)18(24)22-12-13-4-9-16(28-19(20)21)17(11-13)27-2/h3-9,11,19,23H,1,10,12H2,2H3,(H,22,24). The van der Waals surface area contributed by atoms with Crippen molar-refractivity contribution in [3.63, 3.8) is 0 Å². The second-order valence-electron chi connectivity index (χ2n) is 5.71. The first-order valence-electron chi connectivity index (χ1n) is 8.37. The molecule has 0 spiro atoms. The molecule has 0 atom stereocenters. The van der Waals surface area contributed by atoms with Crippen LogP contribution in [0.15, 0.2) is 60.0 Å². The van der Waals surface area contributed by atoms with Gasteiger partial charge in [-0.25, -0.2) is 13.1 Å². The molecule has 0 heterocycles. The Morgan fingerprint density at radius 2 is 1.86 bits per heavy atom. The van der Waals surface area contributed by atoms with E-state index in [9.17, 15) is 22.0 Å². The average molecular weight is 426 g/mol. The fraction of sp³-hybridized carbons (Fsp3) is 0.211. The number of hydrogen-bond acceptors (Lipinski definition) is 5. The quantitative estimate of drug-likeness (QED) is 0.570. The van der Waals surface area contributed by atoms with Crippen molar-refractivity contribution < 1.29 is 31.5 Å². The molecule has 0 aliphatic rings. The van der Waals surface area contributed by atoms with Gasteiger partial charge in [-0.05, 0) is 42.0 Å². The van der Waals surface area contributed by atoms with Crippen LogP contribution in [0.3, 0.4) is 0 Å². The van der Waals surface area contributed by atoms with Crippen molar-refractivity contribution >= 4 is 15.9 Å². The number of alkyl halides is 2. The maximum absolute atomic E-state index is 12.4. The molecule has 0 aromatic heterocycles. The summed E-state index contributed by atoms with van der Waals surface area (Å²) in [6, 6.07) is 9.72. The van der Waals surface area contributed by atoms with Gasteiger partial charge in [-0.3, -0.25) is 4.79 Å². The molecule has 0 aliphatic carbocycles. The normalized spacial score (nSPS) is 11.2. The topological polar surface area (TPSA) is 93.7 Å². The van der Waals surface area contributed by atoms with Gasteiger partial charge in [0.25, 0.3) is 5.91 Å². The highest BCUT2D eigenvalue weighted by molar-refractivity contribution is 7.89. The lowest BCUT2D eigenvalue weighted by molar-refractivity contribution is -0.0512. The summed E-state index contributed by atoms with van der Waals surface area (Å²) in [6.07, 6.45) is 1.42. The number of carbonyl (C=O) groups excluding carboxylic acids is 1. The predicted molar refractivity (Wildman–Crippen MR) is 103 cm³/mol. The van der Waals surface area contributed by atoms with Crippen molar-refractivity contribution in [1.82, 2.24) is 10.0 Å². The number of benzene rings is 2. The molecule has 0 radical (unpaired) electrons. The summed E-state index contributed by atoms with van der Waals surface area (Å²) >= 11 is 0. The van der Waals surface area contributed by atoms with Gasteiger partial charge in [-0.1, -0.05) is 12.1 Å². The van der Waals surface area contributed by atoms with Crippen LogP contribution in [0.5, 0.6) is 11.5 Å². The minimum Gasteiger partial charge on any atom is -0.493 e. The molecule has 0 aliphatic heterocycles. The van der Waals surface area contributed by atoms with Gasteiger partial charge < -0.3 is 14.8 Å². The first kappa shape index (κ1) is 22.3. The smallest absolute Gasteiger partial charge is 0.387 e. The van der Waals surface area contributed by atoms with Crippen LogP contribution in [0.4, 0.5) is 8.78 Å². The molecule has 0 saturated heterocycles. The molecule has 7 nitrogen and oxygen atoms in total. The maximum Gasteiger partial charge on any atom is 0.387 e. The molecule has 0 bridgehead atoms. The Kier molecular flexibility index (Phi) is 7.68. The number of methoxy groups -OCH3 is 1. The van der Waals surface area contributed by atoms with Gasteiger partial charge in [-0.15, -0.1) is 6.58 Å². The van der Waals surface area contributed by atoms with E-state index in [-0.39, 0.29) is 35.0 Å². The average Bonchev–Trinajstić information content (AvgIpc) is 2.71. The number of rotatable bonds is 10. The number of carbonyl (C=O) groups is 1. The molecule has 2 aromatic carbocycles. The predicted octanol–water partition coefficient (Wildman–Crippen LogP) is 2.69. The van der Waals surface area contributed by atoms with Gasteiger partial charge in [0.05, 0.1) is 12.0 Å². The molecule has 10 heteroatoms. The Balaban J connectivity index is 2.03. The molecule has 2 rings (SSSR count). The zero-order valence-corrected chi connectivity index (χ0v) is 16.3. The van der Waals surface area contributed by atoms with E-state index in [0.29, 0.717) is 5.56 Å². The van der Waals surface area contributed by atoms with E-state index in [1.54, 1.807) is 0 Å². The van der Waals surface area contributed by atoms with Crippen LogP contribution < -0.4 is 19.5 Å². The Labute approximate surface area is 167 Å². The monoisotopic (exact) mass is 426 g/mol. The zero-order valence-electron chi connectivity index (χ0n) is 15.5. The Morgan fingerprint density at radius 3 is 2.45 bits per heavy atom. The number of halogens is 2. The van der Waals surface area contributed by atoms with Gasteiger partial charge in [0.1, 0.15) is 0 Å². The fourth-order valence-corrected chi connectivity index (χ4v) is 3.34. The third-order valence-electron chi connectivity index (χ3n) is 3.74. The van der Waals surface area contributed by atoms with Crippen molar-refractivity contribution in [3.8, 4) is 11.5 Å². The second-order valence-corrected chi connectivity index (χ2v) is 7.48. The van der Waals surface area contributed by atoms with Crippen LogP contribution in [-0.2, 0) is 16.6 Å². The summed E-state index contributed by atoms with van der Waals surface area (Å²) in [6.45, 7) is 0.657.